The molecule has 0 N–H and O–H groups in total. The van der Waals surface area contributed by atoms with E-state index in [1.165, 1.54) is 22.5 Å². The van der Waals surface area contributed by atoms with Crippen molar-refractivity contribution in [2.45, 2.75) is 13.0 Å². The van der Waals surface area contributed by atoms with Crippen LogP contribution < -0.4 is 14.5 Å². The monoisotopic (exact) mass is 427 g/mol. The zero-order valence-electron chi connectivity index (χ0n) is 18.5. The minimum Gasteiger partial charge on any atom is -0.497 e. The predicted molar refractivity (Wildman–Crippen MR) is 129 cm³/mol. The number of carbonyl (C=O) groups excluding carboxylic acids is 1. The van der Waals surface area contributed by atoms with Gasteiger partial charge in [0.2, 0.25) is 0 Å². The Morgan fingerprint density at radius 1 is 0.844 bits per heavy atom. The standard InChI is InChI=1S/C27H29N3O2/c1-32-25-12-10-24(11-13-25)28-16-18-29(19-17-28)27(31)23-8-6-21(7-9-23)20-30-15-14-22-4-2-3-5-26(22)30/h2-13H,14-20H2,1H3. The Bertz CT molecular complexity index is 1070. The van der Waals surface area contributed by atoms with Crippen molar-refractivity contribution in [2.75, 3.05) is 49.6 Å². The highest BCUT2D eigenvalue weighted by atomic mass is 16.5. The minimum atomic E-state index is 0.123. The first-order valence-electron chi connectivity index (χ1n) is 11.3. The van der Waals surface area contributed by atoms with Crippen molar-refractivity contribution in [2.24, 2.45) is 0 Å². The van der Waals surface area contributed by atoms with E-state index >= 15 is 0 Å². The molecule has 3 aromatic carbocycles. The molecule has 2 heterocycles. The number of benzene rings is 3. The SMILES string of the molecule is COc1ccc(N2CCN(C(=O)c3ccc(CN4CCc5ccccc54)cc3)CC2)cc1. The summed E-state index contributed by atoms with van der Waals surface area (Å²) in [7, 11) is 1.68. The smallest absolute Gasteiger partial charge is 0.253 e. The molecule has 1 amide bonds. The number of rotatable bonds is 5. The molecule has 5 heteroatoms. The summed E-state index contributed by atoms with van der Waals surface area (Å²) in [5, 5.41) is 0. The van der Waals surface area contributed by atoms with Crippen molar-refractivity contribution in [1.82, 2.24) is 4.90 Å². The summed E-state index contributed by atoms with van der Waals surface area (Å²) in [6, 6.07) is 24.9. The summed E-state index contributed by atoms with van der Waals surface area (Å²) in [6.45, 7) is 5.08. The maximum atomic E-state index is 13.0. The van der Waals surface area contributed by atoms with Gasteiger partial charge in [0, 0.05) is 56.2 Å². The molecule has 0 aliphatic carbocycles. The summed E-state index contributed by atoms with van der Waals surface area (Å²) < 4.78 is 5.24. The quantitative estimate of drug-likeness (QED) is 0.611. The molecule has 0 radical (unpaired) electrons. The third kappa shape index (κ3) is 4.15. The molecule has 32 heavy (non-hydrogen) atoms. The number of carbonyl (C=O) groups is 1. The molecule has 0 unspecified atom stereocenters. The van der Waals surface area contributed by atoms with Crippen LogP contribution in [-0.4, -0.2) is 50.6 Å². The van der Waals surface area contributed by atoms with Crippen molar-refractivity contribution < 1.29 is 9.53 Å². The second kappa shape index (κ2) is 8.95. The van der Waals surface area contributed by atoms with E-state index in [2.05, 4.69) is 58.3 Å². The highest BCUT2D eigenvalue weighted by molar-refractivity contribution is 5.94. The van der Waals surface area contributed by atoms with Gasteiger partial charge in [-0.25, -0.2) is 0 Å². The van der Waals surface area contributed by atoms with Gasteiger partial charge in [-0.1, -0.05) is 30.3 Å². The van der Waals surface area contributed by atoms with Crippen LogP contribution in [0.15, 0.2) is 72.8 Å². The molecule has 3 aromatic rings. The molecule has 0 bridgehead atoms. The predicted octanol–water partition coefficient (Wildman–Crippen LogP) is 4.22. The normalized spacial score (nSPS) is 15.6. The summed E-state index contributed by atoms with van der Waals surface area (Å²) in [5.74, 6) is 0.984. The molecule has 0 saturated carbocycles. The fraction of sp³-hybridized carbons (Fsp3) is 0.296. The van der Waals surface area contributed by atoms with Crippen LogP contribution in [0.1, 0.15) is 21.5 Å². The van der Waals surface area contributed by atoms with Crippen LogP contribution in [0.2, 0.25) is 0 Å². The molecule has 164 valence electrons. The Labute approximate surface area is 189 Å². The zero-order chi connectivity index (χ0) is 21.9. The number of methoxy groups -OCH3 is 1. The fourth-order valence-electron chi connectivity index (χ4n) is 4.69. The number of amides is 1. The Morgan fingerprint density at radius 2 is 1.56 bits per heavy atom. The number of hydrogen-bond acceptors (Lipinski definition) is 4. The number of fused-ring (bicyclic) bond motifs is 1. The Balaban J connectivity index is 1.17. The van der Waals surface area contributed by atoms with E-state index in [4.69, 9.17) is 4.74 Å². The van der Waals surface area contributed by atoms with Gasteiger partial charge in [0.05, 0.1) is 7.11 Å². The van der Waals surface area contributed by atoms with Crippen molar-refractivity contribution in [3.63, 3.8) is 0 Å². The molecular formula is C27H29N3O2. The molecule has 0 spiro atoms. The van der Waals surface area contributed by atoms with Crippen LogP contribution >= 0.6 is 0 Å². The van der Waals surface area contributed by atoms with Gasteiger partial charge in [-0.15, -0.1) is 0 Å². The molecule has 5 rings (SSSR count). The van der Waals surface area contributed by atoms with Crippen LogP contribution in [0, 0.1) is 0 Å². The van der Waals surface area contributed by atoms with E-state index < -0.39 is 0 Å². The average molecular weight is 428 g/mol. The molecule has 5 nitrogen and oxygen atoms in total. The van der Waals surface area contributed by atoms with E-state index in [-0.39, 0.29) is 5.91 Å². The fourth-order valence-corrected chi connectivity index (χ4v) is 4.69. The number of piperazine rings is 1. The van der Waals surface area contributed by atoms with Gasteiger partial charge < -0.3 is 19.4 Å². The third-order valence-corrected chi connectivity index (χ3v) is 6.56. The van der Waals surface area contributed by atoms with Crippen LogP contribution in [0.4, 0.5) is 11.4 Å². The molecule has 0 aromatic heterocycles. The molecule has 2 aliphatic rings. The first-order valence-corrected chi connectivity index (χ1v) is 11.3. The largest absolute Gasteiger partial charge is 0.497 e. The highest BCUT2D eigenvalue weighted by Gasteiger charge is 2.23. The summed E-state index contributed by atoms with van der Waals surface area (Å²) >= 11 is 0. The molecule has 0 atom stereocenters. The first kappa shape index (κ1) is 20.4. The first-order chi connectivity index (χ1) is 15.7. The van der Waals surface area contributed by atoms with E-state index in [0.29, 0.717) is 0 Å². The molecule has 1 fully saturated rings. The number of nitrogens with zero attached hydrogens (tertiary/aromatic N) is 3. The van der Waals surface area contributed by atoms with E-state index in [1.54, 1.807) is 7.11 Å². The highest BCUT2D eigenvalue weighted by Crippen LogP contribution is 2.29. The van der Waals surface area contributed by atoms with Crippen molar-refractivity contribution in [3.8, 4) is 5.75 Å². The van der Waals surface area contributed by atoms with Crippen molar-refractivity contribution >= 4 is 17.3 Å². The Kier molecular flexibility index (Phi) is 5.71. The summed E-state index contributed by atoms with van der Waals surface area (Å²) in [4.78, 5) is 19.7. The lowest BCUT2D eigenvalue weighted by Gasteiger charge is -2.36. The number of hydrogen-bond donors (Lipinski definition) is 0. The lowest BCUT2D eigenvalue weighted by molar-refractivity contribution is 0.0747. The van der Waals surface area contributed by atoms with Crippen LogP contribution in [0.5, 0.6) is 5.75 Å². The van der Waals surface area contributed by atoms with Gasteiger partial charge in [-0.2, -0.15) is 0 Å². The molecule has 1 saturated heterocycles. The van der Waals surface area contributed by atoms with Crippen molar-refractivity contribution in [1.29, 1.82) is 0 Å². The number of ether oxygens (including phenoxy) is 1. The number of anilines is 2. The molecular weight excluding hydrogens is 398 g/mol. The van der Waals surface area contributed by atoms with Crippen molar-refractivity contribution in [3.05, 3.63) is 89.5 Å². The summed E-state index contributed by atoms with van der Waals surface area (Å²) in [6.07, 6.45) is 1.11. The lowest BCUT2D eigenvalue weighted by atomic mass is 10.1. The van der Waals surface area contributed by atoms with Gasteiger partial charge in [0.25, 0.3) is 5.91 Å². The third-order valence-electron chi connectivity index (χ3n) is 6.56. The van der Waals surface area contributed by atoms with Gasteiger partial charge in [-0.05, 0) is 60.0 Å². The van der Waals surface area contributed by atoms with Gasteiger partial charge >= 0.3 is 0 Å². The van der Waals surface area contributed by atoms with E-state index in [9.17, 15) is 4.79 Å². The second-order valence-corrected chi connectivity index (χ2v) is 8.47. The van der Waals surface area contributed by atoms with E-state index in [0.717, 1.165) is 57.0 Å². The topological polar surface area (TPSA) is 36.0 Å². The second-order valence-electron chi connectivity index (χ2n) is 8.47. The molecule has 2 aliphatic heterocycles. The maximum absolute atomic E-state index is 13.0. The summed E-state index contributed by atoms with van der Waals surface area (Å²) in [5.41, 5.74) is 5.94. The Morgan fingerprint density at radius 3 is 2.28 bits per heavy atom. The van der Waals surface area contributed by atoms with Gasteiger partial charge in [0.15, 0.2) is 0 Å². The van der Waals surface area contributed by atoms with Crippen LogP contribution in [0.25, 0.3) is 0 Å². The van der Waals surface area contributed by atoms with E-state index in [1.807, 2.05) is 29.2 Å². The van der Waals surface area contributed by atoms with Crippen LogP contribution in [-0.2, 0) is 13.0 Å². The van der Waals surface area contributed by atoms with Gasteiger partial charge in [0.1, 0.15) is 5.75 Å². The van der Waals surface area contributed by atoms with Crippen LogP contribution in [0.3, 0.4) is 0 Å². The van der Waals surface area contributed by atoms with Gasteiger partial charge in [-0.3, -0.25) is 4.79 Å². The minimum absolute atomic E-state index is 0.123. The zero-order valence-corrected chi connectivity index (χ0v) is 18.5. The number of para-hydroxylation sites is 1. The average Bonchev–Trinajstić information content (AvgIpc) is 3.27. The Hall–Kier alpha value is -3.47. The maximum Gasteiger partial charge on any atom is 0.253 e. The lowest BCUT2D eigenvalue weighted by Crippen LogP contribution is -2.48.